The molecule has 0 unspecified atom stereocenters. The Bertz CT molecular complexity index is 1410. The van der Waals surface area contributed by atoms with Crippen LogP contribution in [0.15, 0.2) is 78.4 Å². The fourth-order valence-electron chi connectivity index (χ4n) is 3.63. The van der Waals surface area contributed by atoms with Crippen LogP contribution in [0.1, 0.15) is 20.9 Å². The van der Waals surface area contributed by atoms with Crippen molar-refractivity contribution in [3.8, 4) is 17.1 Å². The minimum absolute atomic E-state index is 0.120. The largest absolute Gasteiger partial charge is 0.497 e. The predicted molar refractivity (Wildman–Crippen MR) is 128 cm³/mol. The normalized spacial score (nSPS) is 11.1. The molecule has 0 saturated carbocycles. The summed E-state index contributed by atoms with van der Waals surface area (Å²) in [5.74, 6) is 0.578. The number of methoxy groups -OCH3 is 1. The summed E-state index contributed by atoms with van der Waals surface area (Å²) in [7, 11) is 1.62. The molecule has 0 saturated heterocycles. The maximum absolute atomic E-state index is 13.5. The van der Waals surface area contributed by atoms with Gasteiger partial charge in [-0.2, -0.15) is 0 Å². The second-order valence-electron chi connectivity index (χ2n) is 7.26. The number of rotatable bonds is 6. The Morgan fingerprint density at radius 2 is 1.94 bits per heavy atom. The van der Waals surface area contributed by atoms with Crippen LogP contribution in [0.2, 0.25) is 5.02 Å². The zero-order valence-electron chi connectivity index (χ0n) is 17.2. The first-order chi connectivity index (χ1) is 15.6. The number of nitrogens with zero attached hydrogens (tertiary/aromatic N) is 3. The molecule has 0 N–H and O–H groups in total. The van der Waals surface area contributed by atoms with Gasteiger partial charge in [0.25, 0.3) is 0 Å². The third-order valence-corrected chi connectivity index (χ3v) is 6.32. The number of thiazole rings is 1. The highest BCUT2D eigenvalue weighted by Crippen LogP contribution is 2.30. The van der Waals surface area contributed by atoms with Gasteiger partial charge in [0.1, 0.15) is 11.4 Å². The van der Waals surface area contributed by atoms with Gasteiger partial charge in [-0.25, -0.2) is 4.98 Å². The molecule has 3 heterocycles. The van der Waals surface area contributed by atoms with Gasteiger partial charge in [-0.3, -0.25) is 9.78 Å². The second kappa shape index (κ2) is 8.57. The Balaban J connectivity index is 1.56. The number of ketones is 1. The van der Waals surface area contributed by atoms with Gasteiger partial charge in [-0.15, -0.1) is 11.3 Å². The van der Waals surface area contributed by atoms with E-state index in [4.69, 9.17) is 16.3 Å². The van der Waals surface area contributed by atoms with E-state index >= 15 is 0 Å². The van der Waals surface area contributed by atoms with Crippen molar-refractivity contribution in [1.82, 2.24) is 14.5 Å². The van der Waals surface area contributed by atoms with Crippen LogP contribution < -0.4 is 4.74 Å². The Kier molecular flexibility index (Phi) is 5.47. The molecule has 2 aromatic carbocycles. The van der Waals surface area contributed by atoms with Crippen molar-refractivity contribution in [1.29, 1.82) is 0 Å². The minimum Gasteiger partial charge on any atom is -0.497 e. The molecule has 0 aliphatic heterocycles. The van der Waals surface area contributed by atoms with Crippen LogP contribution in [0.25, 0.3) is 22.3 Å². The molecule has 0 bridgehead atoms. The average molecular weight is 460 g/mol. The van der Waals surface area contributed by atoms with Gasteiger partial charge >= 0.3 is 0 Å². The Morgan fingerprint density at radius 3 is 2.69 bits per heavy atom. The van der Waals surface area contributed by atoms with Crippen LogP contribution >= 0.6 is 22.9 Å². The predicted octanol–water partition coefficient (Wildman–Crippen LogP) is 6.10. The van der Waals surface area contributed by atoms with E-state index < -0.39 is 0 Å². The van der Waals surface area contributed by atoms with Crippen molar-refractivity contribution in [2.75, 3.05) is 7.11 Å². The van der Waals surface area contributed by atoms with Crippen molar-refractivity contribution < 1.29 is 9.53 Å². The molecule has 158 valence electrons. The SMILES string of the molecule is COc1ccc2c(c1)c(C(=O)c1nc(-c3ccccn3)cs1)cn2Cc1ccc(Cl)cc1. The molecule has 0 fully saturated rings. The third kappa shape index (κ3) is 3.90. The summed E-state index contributed by atoms with van der Waals surface area (Å²) in [5.41, 5.74) is 4.07. The number of hydrogen-bond acceptors (Lipinski definition) is 5. The van der Waals surface area contributed by atoms with E-state index in [0.717, 1.165) is 22.2 Å². The molecule has 0 amide bonds. The second-order valence-corrected chi connectivity index (χ2v) is 8.56. The van der Waals surface area contributed by atoms with E-state index in [1.54, 1.807) is 13.3 Å². The highest BCUT2D eigenvalue weighted by Gasteiger charge is 2.21. The molecule has 0 atom stereocenters. The van der Waals surface area contributed by atoms with Gasteiger partial charge in [0.05, 0.1) is 18.4 Å². The van der Waals surface area contributed by atoms with Crippen molar-refractivity contribution in [2.45, 2.75) is 6.54 Å². The number of halogens is 1. The lowest BCUT2D eigenvalue weighted by atomic mass is 10.1. The molecule has 0 spiro atoms. The summed E-state index contributed by atoms with van der Waals surface area (Å²) >= 11 is 7.35. The van der Waals surface area contributed by atoms with E-state index in [2.05, 4.69) is 14.5 Å². The van der Waals surface area contributed by atoms with Crippen LogP contribution in [0.3, 0.4) is 0 Å². The van der Waals surface area contributed by atoms with Gasteiger partial charge in [0.2, 0.25) is 5.78 Å². The number of carbonyl (C=O) groups excluding carboxylic acids is 1. The van der Waals surface area contributed by atoms with Gasteiger partial charge < -0.3 is 9.30 Å². The minimum atomic E-state index is -0.120. The number of ether oxygens (including phenoxy) is 1. The smallest absolute Gasteiger partial charge is 0.223 e. The zero-order valence-corrected chi connectivity index (χ0v) is 18.7. The van der Waals surface area contributed by atoms with Crippen molar-refractivity contribution in [3.05, 3.63) is 99.6 Å². The molecule has 0 aliphatic carbocycles. The number of pyridine rings is 1. The van der Waals surface area contributed by atoms with Gasteiger partial charge in [-0.05, 0) is 48.0 Å². The number of hydrogen-bond donors (Lipinski definition) is 0. The van der Waals surface area contributed by atoms with E-state index in [-0.39, 0.29) is 5.78 Å². The fraction of sp³-hybridized carbons (Fsp3) is 0.0800. The quantitative estimate of drug-likeness (QED) is 0.288. The summed E-state index contributed by atoms with van der Waals surface area (Å²) in [6.07, 6.45) is 3.61. The van der Waals surface area contributed by atoms with E-state index in [9.17, 15) is 4.79 Å². The van der Waals surface area contributed by atoms with Crippen molar-refractivity contribution in [2.24, 2.45) is 0 Å². The molecule has 5 nitrogen and oxygen atoms in total. The lowest BCUT2D eigenvalue weighted by Crippen LogP contribution is -2.01. The molecule has 32 heavy (non-hydrogen) atoms. The highest BCUT2D eigenvalue weighted by molar-refractivity contribution is 7.12. The number of benzene rings is 2. The van der Waals surface area contributed by atoms with E-state index in [0.29, 0.717) is 33.6 Å². The summed E-state index contributed by atoms with van der Waals surface area (Å²) in [6, 6.07) is 19.1. The molecule has 5 aromatic rings. The standard InChI is InChI=1S/C25H18ClN3O2S/c1-31-18-9-10-23-19(12-18)20(14-29(23)13-16-5-7-17(26)8-6-16)24(30)25-28-22(15-32-25)21-4-2-3-11-27-21/h2-12,14-15H,13H2,1H3. The van der Waals surface area contributed by atoms with Gasteiger partial charge in [0, 0.05) is 40.2 Å². The number of aromatic nitrogens is 3. The highest BCUT2D eigenvalue weighted by atomic mass is 35.5. The molecule has 5 rings (SSSR count). The summed E-state index contributed by atoms with van der Waals surface area (Å²) in [4.78, 5) is 22.4. The van der Waals surface area contributed by atoms with Crippen LogP contribution in [0, 0.1) is 0 Å². The third-order valence-electron chi connectivity index (χ3n) is 5.22. The van der Waals surface area contributed by atoms with E-state index in [1.165, 1.54) is 11.3 Å². The lowest BCUT2D eigenvalue weighted by molar-refractivity contribution is 0.104. The Labute approximate surface area is 193 Å². The van der Waals surface area contributed by atoms with Crippen molar-refractivity contribution >= 4 is 39.6 Å². The van der Waals surface area contributed by atoms with Crippen LogP contribution in [0.5, 0.6) is 5.75 Å². The number of fused-ring (bicyclic) bond motifs is 1. The zero-order chi connectivity index (χ0) is 22.1. The first-order valence-electron chi connectivity index (χ1n) is 9.95. The Hall–Kier alpha value is -3.48. The molecule has 0 radical (unpaired) electrons. The first-order valence-corrected chi connectivity index (χ1v) is 11.2. The first kappa shape index (κ1) is 20.4. The maximum Gasteiger partial charge on any atom is 0.223 e. The Morgan fingerprint density at radius 1 is 1.09 bits per heavy atom. The van der Waals surface area contributed by atoms with Crippen LogP contribution in [-0.2, 0) is 6.54 Å². The summed E-state index contributed by atoms with van der Waals surface area (Å²) in [5, 5.41) is 3.82. The molecular formula is C25H18ClN3O2S. The average Bonchev–Trinajstić information content (AvgIpc) is 3.46. The van der Waals surface area contributed by atoms with Crippen molar-refractivity contribution in [3.63, 3.8) is 0 Å². The maximum atomic E-state index is 13.5. The van der Waals surface area contributed by atoms with E-state index in [1.807, 2.05) is 72.2 Å². The molecule has 7 heteroatoms. The van der Waals surface area contributed by atoms with Crippen LogP contribution in [0.4, 0.5) is 0 Å². The van der Waals surface area contributed by atoms with Gasteiger partial charge in [0.15, 0.2) is 5.01 Å². The van der Waals surface area contributed by atoms with Gasteiger partial charge in [-0.1, -0.05) is 29.8 Å². The number of carbonyl (C=O) groups is 1. The molecular weight excluding hydrogens is 442 g/mol. The topological polar surface area (TPSA) is 57.0 Å². The molecule has 0 aliphatic rings. The summed E-state index contributed by atoms with van der Waals surface area (Å²) in [6.45, 7) is 0.615. The molecule has 3 aromatic heterocycles. The monoisotopic (exact) mass is 459 g/mol. The fourth-order valence-corrected chi connectivity index (χ4v) is 4.52. The summed E-state index contributed by atoms with van der Waals surface area (Å²) < 4.78 is 7.48. The lowest BCUT2D eigenvalue weighted by Gasteiger charge is -2.06. The van der Waals surface area contributed by atoms with Crippen LogP contribution in [-0.4, -0.2) is 27.4 Å².